The normalized spacial score (nSPS) is 16.2. The molecule has 5 heteroatoms. The molecule has 2 aromatic rings. The summed E-state index contributed by atoms with van der Waals surface area (Å²) < 4.78 is 1.93. The highest BCUT2D eigenvalue weighted by Gasteiger charge is 2.09. The van der Waals surface area contributed by atoms with Crippen molar-refractivity contribution in [2.75, 3.05) is 37.7 Å². The molecular weight excluding hydrogens is 280 g/mol. The predicted molar refractivity (Wildman–Crippen MR) is 89.0 cm³/mol. The van der Waals surface area contributed by atoms with Crippen molar-refractivity contribution in [2.45, 2.75) is 6.54 Å². The molecule has 0 aliphatic carbocycles. The van der Waals surface area contributed by atoms with E-state index in [-0.39, 0.29) is 0 Å². The Morgan fingerprint density at radius 3 is 2.71 bits per heavy atom. The third-order valence-electron chi connectivity index (χ3n) is 3.68. The second-order valence-corrected chi connectivity index (χ2v) is 6.44. The predicted octanol–water partition coefficient (Wildman–Crippen LogP) is 2.01. The summed E-state index contributed by atoms with van der Waals surface area (Å²) >= 11 is 2.06. The van der Waals surface area contributed by atoms with E-state index in [1.165, 1.54) is 24.6 Å². The van der Waals surface area contributed by atoms with E-state index < -0.39 is 0 Å². The smallest absolute Gasteiger partial charge is 0.0766 e. The summed E-state index contributed by atoms with van der Waals surface area (Å²) in [6.07, 6.45) is 2.02. The van der Waals surface area contributed by atoms with Crippen molar-refractivity contribution in [2.24, 2.45) is 0 Å². The number of nitrogens with one attached hydrogen (secondary N) is 1. The highest BCUT2D eigenvalue weighted by atomic mass is 32.2. The van der Waals surface area contributed by atoms with Crippen LogP contribution in [0.1, 0.15) is 5.69 Å². The first-order valence-electron chi connectivity index (χ1n) is 7.52. The molecule has 1 N–H and O–H groups in total. The maximum Gasteiger partial charge on any atom is 0.0766 e. The molecule has 0 bridgehead atoms. The SMILES string of the molecule is c1ccc(-n2ccc(CNCCN3CCSCC3)n2)cc1. The van der Waals surface area contributed by atoms with Crippen molar-refractivity contribution in [3.63, 3.8) is 0 Å². The Bertz CT molecular complexity index is 534. The Morgan fingerprint density at radius 1 is 1.10 bits per heavy atom. The van der Waals surface area contributed by atoms with Crippen LogP contribution in [-0.4, -0.2) is 52.4 Å². The standard InChI is InChI=1S/C16H22N4S/c1-2-4-16(5-3-1)20-8-6-15(18-20)14-17-7-9-19-10-12-21-13-11-19/h1-6,8,17H,7,9-14H2. The average molecular weight is 302 g/mol. The van der Waals surface area contributed by atoms with E-state index in [1.807, 2.05) is 29.1 Å². The lowest BCUT2D eigenvalue weighted by molar-refractivity contribution is 0.301. The first kappa shape index (κ1) is 14.6. The Morgan fingerprint density at radius 2 is 1.90 bits per heavy atom. The van der Waals surface area contributed by atoms with Crippen molar-refractivity contribution in [1.29, 1.82) is 0 Å². The third-order valence-corrected chi connectivity index (χ3v) is 4.62. The molecule has 0 atom stereocenters. The molecule has 1 fully saturated rings. The van der Waals surface area contributed by atoms with E-state index in [2.05, 4.69) is 45.3 Å². The maximum absolute atomic E-state index is 4.60. The van der Waals surface area contributed by atoms with Crippen LogP contribution in [0.3, 0.4) is 0 Å². The van der Waals surface area contributed by atoms with Crippen LogP contribution in [0.4, 0.5) is 0 Å². The topological polar surface area (TPSA) is 33.1 Å². The van der Waals surface area contributed by atoms with Crippen molar-refractivity contribution in [3.05, 3.63) is 48.3 Å². The van der Waals surface area contributed by atoms with Gasteiger partial charge in [-0.05, 0) is 18.2 Å². The van der Waals surface area contributed by atoms with Gasteiger partial charge in [-0.2, -0.15) is 16.9 Å². The number of rotatable bonds is 6. The van der Waals surface area contributed by atoms with Gasteiger partial charge in [0.25, 0.3) is 0 Å². The molecule has 112 valence electrons. The van der Waals surface area contributed by atoms with Gasteiger partial charge < -0.3 is 10.2 Å². The number of thioether (sulfide) groups is 1. The summed E-state index contributed by atoms with van der Waals surface area (Å²) in [4.78, 5) is 2.53. The zero-order chi connectivity index (χ0) is 14.3. The van der Waals surface area contributed by atoms with Gasteiger partial charge in [0.1, 0.15) is 0 Å². The van der Waals surface area contributed by atoms with Gasteiger partial charge >= 0.3 is 0 Å². The summed E-state index contributed by atoms with van der Waals surface area (Å²) in [5.74, 6) is 2.56. The molecule has 1 aliphatic rings. The Kier molecular flexibility index (Phi) is 5.32. The second-order valence-electron chi connectivity index (χ2n) is 5.22. The summed E-state index contributed by atoms with van der Waals surface area (Å²) in [5, 5.41) is 8.09. The average Bonchev–Trinajstić information content (AvgIpc) is 3.02. The first-order valence-corrected chi connectivity index (χ1v) is 8.68. The fourth-order valence-corrected chi connectivity index (χ4v) is 3.44. The van der Waals surface area contributed by atoms with Crippen LogP contribution >= 0.6 is 11.8 Å². The molecule has 1 aliphatic heterocycles. The van der Waals surface area contributed by atoms with Crippen LogP contribution in [-0.2, 0) is 6.54 Å². The van der Waals surface area contributed by atoms with E-state index in [4.69, 9.17) is 0 Å². The van der Waals surface area contributed by atoms with E-state index in [1.54, 1.807) is 0 Å². The molecule has 1 saturated heterocycles. The third kappa shape index (κ3) is 4.33. The van der Waals surface area contributed by atoms with Crippen molar-refractivity contribution >= 4 is 11.8 Å². The number of aromatic nitrogens is 2. The molecule has 1 aromatic carbocycles. The van der Waals surface area contributed by atoms with Crippen LogP contribution in [0.2, 0.25) is 0 Å². The number of hydrogen-bond acceptors (Lipinski definition) is 4. The zero-order valence-electron chi connectivity index (χ0n) is 12.2. The molecule has 21 heavy (non-hydrogen) atoms. The van der Waals surface area contributed by atoms with Gasteiger partial charge in [0.15, 0.2) is 0 Å². The van der Waals surface area contributed by atoms with Gasteiger partial charge in [-0.3, -0.25) is 0 Å². The molecule has 3 rings (SSSR count). The van der Waals surface area contributed by atoms with Crippen LogP contribution in [0.25, 0.3) is 5.69 Å². The summed E-state index contributed by atoms with van der Waals surface area (Å²) in [5.41, 5.74) is 2.20. The fourth-order valence-electron chi connectivity index (χ4n) is 2.46. The molecule has 1 aromatic heterocycles. The van der Waals surface area contributed by atoms with E-state index in [0.29, 0.717) is 0 Å². The molecule has 0 unspecified atom stereocenters. The van der Waals surface area contributed by atoms with Gasteiger partial charge in [0, 0.05) is 50.4 Å². The van der Waals surface area contributed by atoms with Gasteiger partial charge in [-0.25, -0.2) is 4.68 Å². The lowest BCUT2D eigenvalue weighted by Gasteiger charge is -2.25. The minimum atomic E-state index is 0.836. The molecule has 4 nitrogen and oxygen atoms in total. The monoisotopic (exact) mass is 302 g/mol. The number of benzene rings is 1. The lowest BCUT2D eigenvalue weighted by atomic mass is 10.3. The highest BCUT2D eigenvalue weighted by Crippen LogP contribution is 2.08. The van der Waals surface area contributed by atoms with E-state index >= 15 is 0 Å². The fraction of sp³-hybridized carbons (Fsp3) is 0.438. The Hall–Kier alpha value is -1.30. The molecule has 0 radical (unpaired) electrons. The van der Waals surface area contributed by atoms with Crippen molar-refractivity contribution in [1.82, 2.24) is 20.0 Å². The number of para-hydroxylation sites is 1. The maximum atomic E-state index is 4.60. The highest BCUT2D eigenvalue weighted by molar-refractivity contribution is 7.99. The minimum absolute atomic E-state index is 0.836. The number of nitrogens with zero attached hydrogens (tertiary/aromatic N) is 3. The molecular formula is C16H22N4S. The van der Waals surface area contributed by atoms with Gasteiger partial charge in [-0.15, -0.1) is 0 Å². The largest absolute Gasteiger partial charge is 0.310 e. The molecule has 0 amide bonds. The van der Waals surface area contributed by atoms with Crippen LogP contribution in [0.15, 0.2) is 42.6 Å². The quantitative estimate of drug-likeness (QED) is 0.828. The van der Waals surface area contributed by atoms with Gasteiger partial charge in [0.2, 0.25) is 0 Å². The van der Waals surface area contributed by atoms with Crippen LogP contribution in [0, 0.1) is 0 Å². The van der Waals surface area contributed by atoms with Crippen molar-refractivity contribution < 1.29 is 0 Å². The van der Waals surface area contributed by atoms with Gasteiger partial charge in [0.05, 0.1) is 11.4 Å². The minimum Gasteiger partial charge on any atom is -0.310 e. The van der Waals surface area contributed by atoms with E-state index in [0.717, 1.165) is 31.0 Å². The molecule has 0 saturated carbocycles. The lowest BCUT2D eigenvalue weighted by Crippen LogP contribution is -2.37. The van der Waals surface area contributed by atoms with Crippen molar-refractivity contribution in [3.8, 4) is 5.69 Å². The van der Waals surface area contributed by atoms with Crippen LogP contribution in [0.5, 0.6) is 0 Å². The second kappa shape index (κ2) is 7.64. The molecule has 0 spiro atoms. The van der Waals surface area contributed by atoms with Gasteiger partial charge in [-0.1, -0.05) is 18.2 Å². The summed E-state index contributed by atoms with van der Waals surface area (Å²) in [6.45, 7) is 5.47. The van der Waals surface area contributed by atoms with E-state index in [9.17, 15) is 0 Å². The number of hydrogen-bond donors (Lipinski definition) is 1. The van der Waals surface area contributed by atoms with Crippen LogP contribution < -0.4 is 5.32 Å². The Balaban J connectivity index is 1.42. The zero-order valence-corrected chi connectivity index (χ0v) is 13.1. The first-order chi connectivity index (χ1) is 10.4. The Labute approximate surface area is 130 Å². The summed E-state index contributed by atoms with van der Waals surface area (Å²) in [7, 11) is 0. The summed E-state index contributed by atoms with van der Waals surface area (Å²) in [6, 6.07) is 12.3. The molecule has 2 heterocycles.